The van der Waals surface area contributed by atoms with Gasteiger partial charge in [0.05, 0.1) is 11.7 Å². The van der Waals surface area contributed by atoms with Crippen LogP contribution in [0.4, 0.5) is 5.69 Å². The molecule has 3 N–H and O–H groups in total. The number of carbonyl (C=O) groups excluding carboxylic acids is 1. The first-order chi connectivity index (χ1) is 8.18. The van der Waals surface area contributed by atoms with E-state index in [0.29, 0.717) is 10.6 Å². The number of amides is 1. The summed E-state index contributed by atoms with van der Waals surface area (Å²) in [5, 5.41) is 4.70. The Morgan fingerprint density at radius 1 is 1.53 bits per heavy atom. The van der Waals surface area contributed by atoms with Gasteiger partial charge in [-0.1, -0.05) is 6.07 Å². The summed E-state index contributed by atoms with van der Waals surface area (Å²) in [5.74, 6) is -0.145. The van der Waals surface area contributed by atoms with Crippen LogP contribution < -0.4 is 11.1 Å². The van der Waals surface area contributed by atoms with E-state index < -0.39 is 0 Å². The Bertz CT molecular complexity index is 509. The van der Waals surface area contributed by atoms with Gasteiger partial charge in [0.15, 0.2) is 0 Å². The number of hydrogen-bond donors (Lipinski definition) is 2. The van der Waals surface area contributed by atoms with Crippen LogP contribution in [0.15, 0.2) is 36.0 Å². The van der Waals surface area contributed by atoms with Crippen LogP contribution in [0.3, 0.4) is 0 Å². The first-order valence-electron chi connectivity index (χ1n) is 5.22. The second kappa shape index (κ2) is 4.97. The third-order valence-corrected chi connectivity index (χ3v) is 3.36. The van der Waals surface area contributed by atoms with Gasteiger partial charge in [-0.2, -0.15) is 0 Å². The minimum absolute atomic E-state index is 0.0855. The van der Waals surface area contributed by atoms with E-state index in [9.17, 15) is 4.79 Å². The third-order valence-electron chi connectivity index (χ3n) is 2.43. The zero-order valence-corrected chi connectivity index (χ0v) is 10.2. The lowest BCUT2D eigenvalue weighted by Gasteiger charge is -2.13. The average molecular weight is 247 g/mol. The highest BCUT2D eigenvalue weighted by Crippen LogP contribution is 2.20. The Labute approximate surface area is 103 Å². The molecule has 17 heavy (non-hydrogen) atoms. The van der Waals surface area contributed by atoms with Gasteiger partial charge in [-0.3, -0.25) is 9.78 Å². The van der Waals surface area contributed by atoms with Crippen molar-refractivity contribution in [2.24, 2.45) is 0 Å². The molecule has 0 aliphatic carbocycles. The smallest absolute Gasteiger partial charge is 0.263 e. The first kappa shape index (κ1) is 11.6. The van der Waals surface area contributed by atoms with E-state index in [0.717, 1.165) is 5.56 Å². The van der Waals surface area contributed by atoms with Gasteiger partial charge in [-0.25, -0.2) is 0 Å². The number of aromatic nitrogens is 1. The van der Waals surface area contributed by atoms with E-state index in [4.69, 9.17) is 5.73 Å². The van der Waals surface area contributed by atoms with Crippen molar-refractivity contribution in [1.82, 2.24) is 10.3 Å². The fourth-order valence-electron chi connectivity index (χ4n) is 1.48. The van der Waals surface area contributed by atoms with Crippen LogP contribution in [-0.4, -0.2) is 10.9 Å². The maximum Gasteiger partial charge on any atom is 0.263 e. The third kappa shape index (κ3) is 2.62. The Morgan fingerprint density at radius 3 is 2.94 bits per heavy atom. The highest BCUT2D eigenvalue weighted by molar-refractivity contribution is 7.12. The van der Waals surface area contributed by atoms with E-state index in [-0.39, 0.29) is 11.9 Å². The van der Waals surface area contributed by atoms with Crippen molar-refractivity contribution in [3.63, 3.8) is 0 Å². The summed E-state index contributed by atoms with van der Waals surface area (Å²) >= 11 is 1.34. The van der Waals surface area contributed by atoms with Crippen LogP contribution in [0.5, 0.6) is 0 Å². The summed E-state index contributed by atoms with van der Waals surface area (Å²) in [6.45, 7) is 1.92. The average Bonchev–Trinajstić information content (AvgIpc) is 2.76. The molecule has 0 saturated heterocycles. The van der Waals surface area contributed by atoms with Crippen molar-refractivity contribution in [3.8, 4) is 0 Å². The molecule has 0 fully saturated rings. The van der Waals surface area contributed by atoms with Crippen molar-refractivity contribution in [1.29, 1.82) is 0 Å². The van der Waals surface area contributed by atoms with Crippen molar-refractivity contribution in [2.45, 2.75) is 13.0 Å². The molecule has 0 spiro atoms. The van der Waals surface area contributed by atoms with Crippen LogP contribution in [0.25, 0.3) is 0 Å². The maximum absolute atomic E-state index is 11.9. The summed E-state index contributed by atoms with van der Waals surface area (Å²) < 4.78 is 0. The Morgan fingerprint density at radius 2 is 2.35 bits per heavy atom. The van der Waals surface area contributed by atoms with E-state index >= 15 is 0 Å². The highest BCUT2D eigenvalue weighted by atomic mass is 32.1. The van der Waals surface area contributed by atoms with Crippen molar-refractivity contribution < 1.29 is 4.79 Å². The largest absolute Gasteiger partial charge is 0.397 e. The lowest BCUT2D eigenvalue weighted by Crippen LogP contribution is -2.26. The molecular formula is C12H13N3OS. The van der Waals surface area contributed by atoms with Gasteiger partial charge in [0.25, 0.3) is 5.91 Å². The molecule has 2 heterocycles. The molecule has 0 saturated carbocycles. The van der Waals surface area contributed by atoms with Crippen molar-refractivity contribution >= 4 is 22.9 Å². The quantitative estimate of drug-likeness (QED) is 0.873. The lowest BCUT2D eigenvalue weighted by atomic mass is 10.1. The molecule has 2 rings (SSSR count). The number of anilines is 1. The molecule has 5 heteroatoms. The number of thiophene rings is 1. The zero-order chi connectivity index (χ0) is 12.3. The molecule has 2 aromatic rings. The van der Waals surface area contributed by atoms with Crippen LogP contribution in [0.2, 0.25) is 0 Å². The van der Waals surface area contributed by atoms with Crippen molar-refractivity contribution in [2.75, 3.05) is 5.73 Å². The van der Waals surface area contributed by atoms with Gasteiger partial charge in [-0.15, -0.1) is 11.3 Å². The predicted octanol–water partition coefficient (Wildman–Crippen LogP) is 2.22. The molecule has 0 aromatic carbocycles. The van der Waals surface area contributed by atoms with Gasteiger partial charge in [0, 0.05) is 12.4 Å². The van der Waals surface area contributed by atoms with Crippen LogP contribution >= 0.6 is 11.3 Å². The number of rotatable bonds is 3. The molecule has 0 aliphatic heterocycles. The van der Waals surface area contributed by atoms with Crippen LogP contribution in [0.1, 0.15) is 28.2 Å². The topological polar surface area (TPSA) is 68.0 Å². The number of carbonyl (C=O) groups is 1. The summed E-state index contributed by atoms with van der Waals surface area (Å²) in [5.41, 5.74) is 7.18. The Balaban J connectivity index is 2.08. The fraction of sp³-hybridized carbons (Fsp3) is 0.167. The second-order valence-corrected chi connectivity index (χ2v) is 4.60. The predicted molar refractivity (Wildman–Crippen MR) is 68.8 cm³/mol. The molecule has 1 amide bonds. The number of pyridine rings is 1. The molecule has 0 radical (unpaired) electrons. The van der Waals surface area contributed by atoms with Crippen molar-refractivity contribution in [3.05, 3.63) is 46.4 Å². The first-order valence-corrected chi connectivity index (χ1v) is 6.10. The van der Waals surface area contributed by atoms with Gasteiger partial charge >= 0.3 is 0 Å². The summed E-state index contributed by atoms with van der Waals surface area (Å²) in [4.78, 5) is 16.5. The van der Waals surface area contributed by atoms with Crippen LogP contribution in [0, 0.1) is 0 Å². The normalized spacial score (nSPS) is 12.1. The molecule has 1 unspecified atom stereocenters. The van der Waals surface area contributed by atoms with Gasteiger partial charge in [-0.05, 0) is 30.0 Å². The Hall–Kier alpha value is -1.88. The lowest BCUT2D eigenvalue weighted by molar-refractivity contribution is 0.0945. The maximum atomic E-state index is 11.9. The second-order valence-electron chi connectivity index (χ2n) is 3.69. The summed E-state index contributed by atoms with van der Waals surface area (Å²) in [6, 6.07) is 5.42. The number of hydrogen-bond acceptors (Lipinski definition) is 4. The number of nitrogens with two attached hydrogens (primary N) is 1. The minimum Gasteiger partial charge on any atom is -0.397 e. The van der Waals surface area contributed by atoms with E-state index in [2.05, 4.69) is 10.3 Å². The molecule has 0 aliphatic rings. The van der Waals surface area contributed by atoms with E-state index in [1.54, 1.807) is 23.8 Å². The molecule has 4 nitrogen and oxygen atoms in total. The fourth-order valence-corrected chi connectivity index (χ4v) is 2.20. The number of nitrogens with zero attached hydrogens (tertiary/aromatic N) is 1. The minimum atomic E-state index is -0.145. The van der Waals surface area contributed by atoms with Crippen LogP contribution in [-0.2, 0) is 0 Å². The summed E-state index contributed by atoms with van der Waals surface area (Å²) in [6.07, 6.45) is 3.44. The van der Waals surface area contributed by atoms with E-state index in [1.165, 1.54) is 11.3 Å². The molecule has 1 atom stereocenters. The number of nitrogens with one attached hydrogen (secondary N) is 1. The molecule has 2 aromatic heterocycles. The molecule has 88 valence electrons. The van der Waals surface area contributed by atoms with Gasteiger partial charge in [0.2, 0.25) is 0 Å². The zero-order valence-electron chi connectivity index (χ0n) is 9.38. The van der Waals surface area contributed by atoms with Gasteiger partial charge in [0.1, 0.15) is 4.88 Å². The Kier molecular flexibility index (Phi) is 3.39. The highest BCUT2D eigenvalue weighted by Gasteiger charge is 2.14. The van der Waals surface area contributed by atoms with Gasteiger partial charge < -0.3 is 11.1 Å². The monoisotopic (exact) mass is 247 g/mol. The standard InChI is InChI=1S/C12H13N3OS/c1-8(9-3-2-5-14-7-9)15-12(16)11-10(13)4-6-17-11/h2-8H,13H2,1H3,(H,15,16). The number of nitrogen functional groups attached to an aromatic ring is 1. The molecule has 0 bridgehead atoms. The SMILES string of the molecule is CC(NC(=O)c1sccc1N)c1cccnc1. The van der Waals surface area contributed by atoms with E-state index in [1.807, 2.05) is 19.1 Å². The summed E-state index contributed by atoms with van der Waals surface area (Å²) in [7, 11) is 0. The molecular weight excluding hydrogens is 234 g/mol.